The summed E-state index contributed by atoms with van der Waals surface area (Å²) >= 11 is 6.05. The summed E-state index contributed by atoms with van der Waals surface area (Å²) in [6, 6.07) is 10.1. The van der Waals surface area contributed by atoms with Crippen molar-refractivity contribution in [1.29, 1.82) is 5.26 Å². The van der Waals surface area contributed by atoms with Crippen LogP contribution in [0.5, 0.6) is 0 Å². The van der Waals surface area contributed by atoms with Gasteiger partial charge in [0.15, 0.2) is 0 Å². The summed E-state index contributed by atoms with van der Waals surface area (Å²) in [7, 11) is 2.05. The molecular formula is C21H20ClN5. The van der Waals surface area contributed by atoms with Crippen LogP contribution in [0.3, 0.4) is 0 Å². The Labute approximate surface area is 164 Å². The van der Waals surface area contributed by atoms with Crippen LogP contribution in [-0.2, 0) is 0 Å². The first-order chi connectivity index (χ1) is 13.1. The number of anilines is 3. The van der Waals surface area contributed by atoms with Crippen molar-refractivity contribution in [1.82, 2.24) is 10.3 Å². The summed E-state index contributed by atoms with van der Waals surface area (Å²) in [5, 5.41) is 16.5. The number of nitrogens with zero attached hydrogens (tertiary/aromatic N) is 3. The first-order valence-electron chi connectivity index (χ1n) is 8.96. The molecule has 0 saturated carbocycles. The number of hydrogen-bond donors (Lipinski definition) is 2. The molecule has 0 atom stereocenters. The second-order valence-electron chi connectivity index (χ2n) is 6.74. The van der Waals surface area contributed by atoms with Crippen molar-refractivity contribution in [3.8, 4) is 6.07 Å². The first kappa shape index (κ1) is 17.4. The highest BCUT2D eigenvalue weighted by molar-refractivity contribution is 6.31. The van der Waals surface area contributed by atoms with E-state index in [4.69, 9.17) is 11.6 Å². The summed E-state index contributed by atoms with van der Waals surface area (Å²) in [5.74, 6) is 0. The molecule has 27 heavy (non-hydrogen) atoms. The standard InChI is InChI=1S/C21H20ClN5/c1-13-15-5-3-4-9-24-20(15)16-11-14(6-7-19(16)27(13)2)26-18-8-10-25-21(22)17(18)12-23/h6-8,10-11,24H,1,3-5,9H2,2H3,(H,25,26). The predicted octanol–water partition coefficient (Wildman–Crippen LogP) is 4.80. The first-order valence-corrected chi connectivity index (χ1v) is 9.34. The third-order valence-electron chi connectivity index (χ3n) is 5.13. The number of aromatic nitrogens is 1. The third-order valence-corrected chi connectivity index (χ3v) is 5.42. The molecule has 2 aliphatic rings. The van der Waals surface area contributed by atoms with Crippen LogP contribution in [-0.4, -0.2) is 18.6 Å². The van der Waals surface area contributed by atoms with Crippen LogP contribution in [0.2, 0.25) is 5.15 Å². The van der Waals surface area contributed by atoms with E-state index in [1.54, 1.807) is 12.3 Å². The summed E-state index contributed by atoms with van der Waals surface area (Å²) in [4.78, 5) is 6.12. The minimum absolute atomic E-state index is 0.201. The fourth-order valence-electron chi connectivity index (χ4n) is 3.67. The van der Waals surface area contributed by atoms with Gasteiger partial charge < -0.3 is 15.5 Å². The molecule has 0 radical (unpaired) electrons. The molecule has 0 saturated heterocycles. The van der Waals surface area contributed by atoms with Gasteiger partial charge in [0.25, 0.3) is 0 Å². The van der Waals surface area contributed by atoms with Crippen molar-refractivity contribution in [2.45, 2.75) is 19.3 Å². The van der Waals surface area contributed by atoms with Crippen molar-refractivity contribution < 1.29 is 0 Å². The minimum atomic E-state index is 0.201. The van der Waals surface area contributed by atoms with Gasteiger partial charge in [-0.15, -0.1) is 0 Å². The molecule has 2 aliphatic heterocycles. The Balaban J connectivity index is 1.78. The zero-order valence-electron chi connectivity index (χ0n) is 15.1. The highest BCUT2D eigenvalue weighted by Gasteiger charge is 2.26. The van der Waals surface area contributed by atoms with Crippen molar-refractivity contribution in [3.05, 3.63) is 64.6 Å². The van der Waals surface area contributed by atoms with Crippen LogP contribution in [0.25, 0.3) is 5.70 Å². The molecule has 136 valence electrons. The molecule has 2 aromatic rings. The lowest BCUT2D eigenvalue weighted by atomic mass is 9.94. The Bertz CT molecular complexity index is 1000. The van der Waals surface area contributed by atoms with Gasteiger partial charge in [0.05, 0.1) is 11.4 Å². The van der Waals surface area contributed by atoms with E-state index in [2.05, 4.69) is 52.3 Å². The van der Waals surface area contributed by atoms with E-state index in [9.17, 15) is 5.26 Å². The van der Waals surface area contributed by atoms with Crippen LogP contribution in [0.1, 0.15) is 30.4 Å². The second-order valence-corrected chi connectivity index (χ2v) is 7.09. The Morgan fingerprint density at radius 1 is 1.33 bits per heavy atom. The van der Waals surface area contributed by atoms with Crippen molar-refractivity contribution in [3.63, 3.8) is 0 Å². The number of nitrogens with one attached hydrogen (secondary N) is 2. The fraction of sp³-hybridized carbons (Fsp3) is 0.238. The Morgan fingerprint density at radius 3 is 3.00 bits per heavy atom. The number of benzene rings is 1. The van der Waals surface area contributed by atoms with E-state index >= 15 is 0 Å². The molecular weight excluding hydrogens is 358 g/mol. The average molecular weight is 378 g/mol. The summed E-state index contributed by atoms with van der Waals surface area (Å²) in [6.07, 6.45) is 4.93. The maximum absolute atomic E-state index is 9.37. The zero-order valence-corrected chi connectivity index (χ0v) is 15.9. The topological polar surface area (TPSA) is 64.0 Å². The predicted molar refractivity (Wildman–Crippen MR) is 110 cm³/mol. The van der Waals surface area contributed by atoms with E-state index in [0.29, 0.717) is 11.3 Å². The molecule has 0 bridgehead atoms. The lowest BCUT2D eigenvalue weighted by molar-refractivity contribution is 0.729. The van der Waals surface area contributed by atoms with E-state index < -0.39 is 0 Å². The summed E-state index contributed by atoms with van der Waals surface area (Å²) in [5.41, 5.74) is 7.65. The Kier molecular flexibility index (Phi) is 4.51. The monoisotopic (exact) mass is 377 g/mol. The maximum atomic E-state index is 9.37. The summed E-state index contributed by atoms with van der Waals surface area (Å²) in [6.45, 7) is 5.26. The van der Waals surface area contributed by atoms with E-state index in [-0.39, 0.29) is 5.15 Å². The third kappa shape index (κ3) is 3.02. The highest BCUT2D eigenvalue weighted by Crippen LogP contribution is 2.41. The van der Waals surface area contributed by atoms with Gasteiger partial charge in [-0.25, -0.2) is 4.98 Å². The molecule has 0 amide bonds. The molecule has 3 heterocycles. The quantitative estimate of drug-likeness (QED) is 0.736. The number of rotatable bonds is 2. The Morgan fingerprint density at radius 2 is 2.19 bits per heavy atom. The van der Waals surface area contributed by atoms with Crippen molar-refractivity contribution >= 4 is 34.4 Å². The smallest absolute Gasteiger partial charge is 0.148 e. The molecule has 4 rings (SSSR count). The molecule has 1 aromatic carbocycles. The van der Waals surface area contributed by atoms with Gasteiger partial charge in [-0.05, 0) is 49.1 Å². The van der Waals surface area contributed by atoms with Gasteiger partial charge >= 0.3 is 0 Å². The van der Waals surface area contributed by atoms with E-state index in [0.717, 1.165) is 48.4 Å². The summed E-state index contributed by atoms with van der Waals surface area (Å²) < 4.78 is 0. The molecule has 0 spiro atoms. The average Bonchev–Trinajstić information content (AvgIpc) is 2.93. The van der Waals surface area contributed by atoms with Gasteiger partial charge in [0.1, 0.15) is 16.8 Å². The molecule has 5 nitrogen and oxygen atoms in total. The van der Waals surface area contributed by atoms with Crippen LogP contribution < -0.4 is 15.5 Å². The lowest BCUT2D eigenvalue weighted by Crippen LogP contribution is -2.27. The number of allylic oxidation sites excluding steroid dienone is 1. The van der Waals surface area contributed by atoms with Crippen LogP contribution in [0.4, 0.5) is 17.1 Å². The van der Waals surface area contributed by atoms with Crippen LogP contribution >= 0.6 is 11.6 Å². The SMILES string of the molecule is C=C1C2=C(NCCCC2)c2cc(Nc3ccnc(Cl)c3C#N)ccc2N1C. The number of pyridine rings is 1. The molecule has 0 aliphatic carbocycles. The molecule has 0 fully saturated rings. The van der Waals surface area contributed by atoms with Crippen molar-refractivity contribution in [2.24, 2.45) is 0 Å². The van der Waals surface area contributed by atoms with Crippen molar-refractivity contribution in [2.75, 3.05) is 23.8 Å². The number of hydrogen-bond acceptors (Lipinski definition) is 5. The normalized spacial score (nSPS) is 16.0. The Hall–Kier alpha value is -2.97. The number of fused-ring (bicyclic) bond motifs is 2. The zero-order chi connectivity index (χ0) is 19.0. The van der Waals surface area contributed by atoms with E-state index in [1.807, 2.05) is 6.07 Å². The van der Waals surface area contributed by atoms with Gasteiger partial charge in [0, 0.05) is 42.4 Å². The van der Waals surface area contributed by atoms with Gasteiger partial charge in [-0.2, -0.15) is 5.26 Å². The lowest BCUT2D eigenvalue weighted by Gasteiger charge is -2.33. The van der Waals surface area contributed by atoms with Gasteiger partial charge in [-0.1, -0.05) is 18.2 Å². The molecule has 1 aromatic heterocycles. The minimum Gasteiger partial charge on any atom is -0.384 e. The maximum Gasteiger partial charge on any atom is 0.148 e. The largest absolute Gasteiger partial charge is 0.384 e. The molecule has 6 heteroatoms. The highest BCUT2D eigenvalue weighted by atomic mass is 35.5. The molecule has 0 unspecified atom stereocenters. The number of likely N-dealkylation sites (N-methyl/N-ethyl adjacent to an activating group) is 1. The second kappa shape index (κ2) is 6.98. The van der Waals surface area contributed by atoms with Gasteiger partial charge in [0.2, 0.25) is 0 Å². The fourth-order valence-corrected chi connectivity index (χ4v) is 3.88. The number of nitriles is 1. The van der Waals surface area contributed by atoms with E-state index in [1.165, 1.54) is 11.3 Å². The number of halogens is 1. The molecule has 2 N–H and O–H groups in total. The van der Waals surface area contributed by atoms with Crippen LogP contribution in [0.15, 0.2) is 48.3 Å². The van der Waals surface area contributed by atoms with Crippen LogP contribution in [0, 0.1) is 11.3 Å². The van der Waals surface area contributed by atoms with Gasteiger partial charge in [-0.3, -0.25) is 0 Å².